The molecule has 39 heavy (non-hydrogen) atoms. The van der Waals surface area contributed by atoms with Crippen LogP contribution in [0.1, 0.15) is 76.9 Å². The van der Waals surface area contributed by atoms with Crippen LogP contribution in [0.3, 0.4) is 0 Å². The molecule has 4 atom stereocenters. The Morgan fingerprint density at radius 3 is 1.87 bits per heavy atom. The predicted molar refractivity (Wildman–Crippen MR) is 144 cm³/mol. The molecule has 8 heteroatoms. The molecular weight excluding hydrogens is 488 g/mol. The van der Waals surface area contributed by atoms with Crippen molar-refractivity contribution in [3.05, 3.63) is 52.0 Å². The van der Waals surface area contributed by atoms with E-state index in [0.717, 1.165) is 54.0 Å². The van der Waals surface area contributed by atoms with Crippen LogP contribution in [-0.2, 0) is 40.3 Å². The molecule has 0 aromatic carbocycles. The number of ketones is 2. The van der Waals surface area contributed by atoms with Crippen molar-refractivity contribution in [3.8, 4) is 18.0 Å². The van der Waals surface area contributed by atoms with Crippen LogP contribution in [0.5, 0.6) is 0 Å². The number of aryl methyl sites for hydroxylation is 2. The van der Waals surface area contributed by atoms with Crippen molar-refractivity contribution in [2.75, 3.05) is 0 Å². The van der Waals surface area contributed by atoms with E-state index in [1.807, 2.05) is 56.3 Å². The summed E-state index contributed by atoms with van der Waals surface area (Å²) in [6, 6.07) is 4.28. The summed E-state index contributed by atoms with van der Waals surface area (Å²) < 4.78 is 3.79. The van der Waals surface area contributed by atoms with E-state index in [2.05, 4.69) is 32.2 Å². The van der Waals surface area contributed by atoms with Crippen LogP contribution >= 0.6 is 0 Å². The Kier molecular flexibility index (Phi) is 5.01. The third kappa shape index (κ3) is 3.03. The summed E-state index contributed by atoms with van der Waals surface area (Å²) in [6.45, 7) is 12.0. The highest BCUT2D eigenvalue weighted by Gasteiger charge is 2.57. The summed E-state index contributed by atoms with van der Waals surface area (Å²) in [5.41, 5.74) is 2.06. The molecule has 6 rings (SSSR count). The molecule has 2 aromatic heterocycles. The summed E-state index contributed by atoms with van der Waals surface area (Å²) in [5, 5.41) is 29.7. The molecule has 0 saturated carbocycles. The Balaban J connectivity index is 1.51. The number of carbonyl (C=O) groups is 2. The number of Topliss-reactive ketones (excluding diaryl/α,β-unsaturated/α-hetero) is 2. The SMILES string of the molecule is Cn1nc2c(c1-n1cc3c(n1)[C@@]1(C)C=C(C#N)C(=O)C(C)(C)[C@@H]1CC3)CC[C@H]1C(C)(C)C(=O)C(C#N)=C[C@]21C. The number of aromatic nitrogens is 4. The lowest BCUT2D eigenvalue weighted by Gasteiger charge is -2.49. The summed E-state index contributed by atoms with van der Waals surface area (Å²) in [6.07, 6.45) is 8.99. The van der Waals surface area contributed by atoms with E-state index in [1.54, 1.807) is 0 Å². The highest BCUT2D eigenvalue weighted by Crippen LogP contribution is 2.56. The minimum Gasteiger partial charge on any atom is -0.293 e. The van der Waals surface area contributed by atoms with Crippen molar-refractivity contribution in [2.24, 2.45) is 29.7 Å². The smallest absolute Gasteiger partial charge is 0.178 e. The zero-order valence-electron chi connectivity index (χ0n) is 23.7. The van der Waals surface area contributed by atoms with Crippen molar-refractivity contribution in [2.45, 2.75) is 78.1 Å². The molecule has 0 fully saturated rings. The van der Waals surface area contributed by atoms with E-state index in [-0.39, 0.29) is 34.5 Å². The lowest BCUT2D eigenvalue weighted by atomic mass is 9.52. The van der Waals surface area contributed by atoms with Gasteiger partial charge in [0.05, 0.1) is 22.5 Å². The first kappa shape index (κ1) is 25.5. The van der Waals surface area contributed by atoms with E-state index < -0.39 is 21.7 Å². The van der Waals surface area contributed by atoms with Crippen LogP contribution in [0.25, 0.3) is 5.82 Å². The fourth-order valence-electron chi connectivity index (χ4n) is 8.65. The number of fused-ring (bicyclic) bond motifs is 6. The first-order chi connectivity index (χ1) is 18.2. The highest BCUT2D eigenvalue weighted by atomic mass is 16.1. The summed E-state index contributed by atoms with van der Waals surface area (Å²) in [4.78, 5) is 26.1. The van der Waals surface area contributed by atoms with Gasteiger partial charge in [0.25, 0.3) is 0 Å². The van der Waals surface area contributed by atoms with E-state index in [0.29, 0.717) is 0 Å². The van der Waals surface area contributed by atoms with Gasteiger partial charge in [-0.3, -0.25) is 14.3 Å². The van der Waals surface area contributed by atoms with Gasteiger partial charge < -0.3 is 0 Å². The van der Waals surface area contributed by atoms with Gasteiger partial charge in [-0.15, -0.1) is 0 Å². The fraction of sp³-hybridized carbons (Fsp3) is 0.548. The van der Waals surface area contributed by atoms with E-state index in [1.165, 1.54) is 0 Å². The number of nitrogens with zero attached hydrogens (tertiary/aromatic N) is 6. The summed E-state index contributed by atoms with van der Waals surface area (Å²) in [7, 11) is 1.92. The average Bonchev–Trinajstić information content (AvgIpc) is 3.45. The average molecular weight is 523 g/mol. The van der Waals surface area contributed by atoms with E-state index in [9.17, 15) is 20.1 Å². The van der Waals surface area contributed by atoms with Crippen LogP contribution in [0, 0.1) is 45.3 Å². The largest absolute Gasteiger partial charge is 0.293 e. The van der Waals surface area contributed by atoms with Crippen molar-refractivity contribution < 1.29 is 9.59 Å². The Labute approximate surface area is 229 Å². The van der Waals surface area contributed by atoms with E-state index >= 15 is 0 Å². The maximum atomic E-state index is 13.1. The molecule has 0 saturated heterocycles. The molecule has 0 amide bonds. The molecule has 200 valence electrons. The zero-order valence-corrected chi connectivity index (χ0v) is 23.7. The highest BCUT2D eigenvalue weighted by molar-refractivity contribution is 6.05. The van der Waals surface area contributed by atoms with Crippen molar-refractivity contribution in [3.63, 3.8) is 0 Å². The Hall–Kier alpha value is -3.78. The second kappa shape index (κ2) is 7.66. The second-order valence-corrected chi connectivity index (χ2v) is 13.4. The molecule has 0 unspecified atom stereocenters. The van der Waals surface area contributed by atoms with Gasteiger partial charge >= 0.3 is 0 Å². The van der Waals surface area contributed by atoms with Crippen LogP contribution in [0.15, 0.2) is 29.5 Å². The maximum absolute atomic E-state index is 13.1. The molecule has 8 nitrogen and oxygen atoms in total. The van der Waals surface area contributed by atoms with Crippen molar-refractivity contribution in [1.82, 2.24) is 19.6 Å². The molecule has 4 aliphatic rings. The number of hydrogen-bond acceptors (Lipinski definition) is 6. The quantitative estimate of drug-likeness (QED) is 0.549. The number of carbonyl (C=O) groups excluding carboxylic acids is 2. The minimum absolute atomic E-state index is 0.0342. The summed E-state index contributed by atoms with van der Waals surface area (Å²) in [5.74, 6) is 0.788. The lowest BCUT2D eigenvalue weighted by Crippen LogP contribution is -2.51. The zero-order chi connectivity index (χ0) is 28.3. The monoisotopic (exact) mass is 522 g/mol. The molecule has 2 heterocycles. The molecular formula is C31H34N6O2. The Bertz CT molecular complexity index is 1630. The maximum Gasteiger partial charge on any atom is 0.178 e. The number of allylic oxidation sites excluding steroid dienone is 4. The van der Waals surface area contributed by atoms with Crippen LogP contribution in [0.2, 0.25) is 0 Å². The third-order valence-electron chi connectivity index (χ3n) is 10.5. The second-order valence-electron chi connectivity index (χ2n) is 13.4. The predicted octanol–water partition coefficient (Wildman–Crippen LogP) is 4.36. The van der Waals surface area contributed by atoms with Gasteiger partial charge in [0, 0.05) is 40.5 Å². The third-order valence-corrected chi connectivity index (χ3v) is 10.5. The van der Waals surface area contributed by atoms with Gasteiger partial charge in [-0.05, 0) is 43.1 Å². The molecule has 4 aliphatic carbocycles. The van der Waals surface area contributed by atoms with Gasteiger partial charge in [0.15, 0.2) is 17.4 Å². The first-order valence-electron chi connectivity index (χ1n) is 13.7. The van der Waals surface area contributed by atoms with Gasteiger partial charge in [0.1, 0.15) is 12.1 Å². The van der Waals surface area contributed by atoms with Gasteiger partial charge in [0.2, 0.25) is 0 Å². The molecule has 2 aromatic rings. The topological polar surface area (TPSA) is 117 Å². The fourth-order valence-corrected chi connectivity index (χ4v) is 8.65. The molecule has 0 N–H and O–H groups in total. The molecule has 0 spiro atoms. The standard InChI is InChI=1S/C31H34N6O2/c1-28(2)21-10-8-17-16-37(35-23(17)30(21,5)12-18(14-32)25(28)38)27-20-9-11-22-29(3,4)26(39)19(15-33)13-31(22,6)24(20)34-36(27)7/h12-13,16,21-22H,8-11H2,1-7H3/t21-,22-,30-,31-/m0/s1. The number of nitriles is 2. The van der Waals surface area contributed by atoms with Crippen molar-refractivity contribution >= 4 is 11.6 Å². The lowest BCUT2D eigenvalue weighted by molar-refractivity contribution is -0.129. The number of hydrogen-bond donors (Lipinski definition) is 0. The summed E-state index contributed by atoms with van der Waals surface area (Å²) >= 11 is 0. The minimum atomic E-state index is -0.658. The van der Waals surface area contributed by atoms with Crippen LogP contribution in [0.4, 0.5) is 0 Å². The Morgan fingerprint density at radius 2 is 1.33 bits per heavy atom. The van der Waals surface area contributed by atoms with Crippen LogP contribution < -0.4 is 0 Å². The van der Waals surface area contributed by atoms with Crippen molar-refractivity contribution in [1.29, 1.82) is 10.5 Å². The van der Waals surface area contributed by atoms with Gasteiger partial charge in [-0.25, -0.2) is 4.68 Å². The van der Waals surface area contributed by atoms with Gasteiger partial charge in [-0.1, -0.05) is 53.7 Å². The molecule has 0 aliphatic heterocycles. The van der Waals surface area contributed by atoms with Crippen LogP contribution in [-0.4, -0.2) is 31.1 Å². The molecule has 0 radical (unpaired) electrons. The molecule has 0 bridgehead atoms. The number of rotatable bonds is 1. The first-order valence-corrected chi connectivity index (χ1v) is 13.7. The Morgan fingerprint density at radius 1 is 0.821 bits per heavy atom. The normalized spacial score (nSPS) is 32.0. The van der Waals surface area contributed by atoms with Gasteiger partial charge in [-0.2, -0.15) is 20.7 Å². The van der Waals surface area contributed by atoms with E-state index in [4.69, 9.17) is 10.2 Å².